The van der Waals surface area contributed by atoms with E-state index in [1.54, 1.807) is 0 Å². The number of carboxylic acids is 1. The predicted molar refractivity (Wildman–Crippen MR) is 47.3 cm³/mol. The van der Waals surface area contributed by atoms with Gasteiger partial charge in [0.2, 0.25) is 0 Å². The Morgan fingerprint density at radius 1 is 1.46 bits per heavy atom. The SMILES string of the molecule is C=C(C(=O)O)C(CCC)C(=O)CO. The van der Waals surface area contributed by atoms with Crippen LogP contribution in [0, 0.1) is 5.92 Å². The molecule has 2 N–H and O–H groups in total. The predicted octanol–water partition coefficient (Wildman–Crippen LogP) is 0.605. The van der Waals surface area contributed by atoms with Crippen LogP contribution >= 0.6 is 0 Å². The van der Waals surface area contributed by atoms with Crippen molar-refractivity contribution >= 4 is 11.8 Å². The van der Waals surface area contributed by atoms with Gasteiger partial charge < -0.3 is 10.2 Å². The molecule has 0 amide bonds. The van der Waals surface area contributed by atoms with Crippen LogP contribution in [-0.4, -0.2) is 28.6 Å². The lowest BCUT2D eigenvalue weighted by atomic mass is 9.91. The number of rotatable bonds is 6. The summed E-state index contributed by atoms with van der Waals surface area (Å²) in [6, 6.07) is 0. The molecule has 0 aromatic rings. The molecule has 13 heavy (non-hydrogen) atoms. The number of carbonyl (C=O) groups excluding carboxylic acids is 1. The van der Waals surface area contributed by atoms with Crippen LogP contribution in [0.3, 0.4) is 0 Å². The lowest BCUT2D eigenvalue weighted by Gasteiger charge is -2.12. The summed E-state index contributed by atoms with van der Waals surface area (Å²) >= 11 is 0. The van der Waals surface area contributed by atoms with Crippen LogP contribution in [0.15, 0.2) is 12.2 Å². The van der Waals surface area contributed by atoms with Gasteiger partial charge in [0.15, 0.2) is 5.78 Å². The largest absolute Gasteiger partial charge is 0.478 e. The van der Waals surface area contributed by atoms with Gasteiger partial charge in [0.1, 0.15) is 6.61 Å². The van der Waals surface area contributed by atoms with Crippen molar-refractivity contribution in [2.24, 2.45) is 5.92 Å². The normalized spacial score (nSPS) is 12.2. The van der Waals surface area contributed by atoms with E-state index in [9.17, 15) is 9.59 Å². The van der Waals surface area contributed by atoms with Gasteiger partial charge in [0.05, 0.1) is 5.92 Å². The van der Waals surface area contributed by atoms with Gasteiger partial charge in [-0.3, -0.25) is 4.79 Å². The molecule has 1 unspecified atom stereocenters. The van der Waals surface area contributed by atoms with Gasteiger partial charge in [-0.15, -0.1) is 0 Å². The number of carbonyl (C=O) groups is 2. The monoisotopic (exact) mass is 186 g/mol. The summed E-state index contributed by atoms with van der Waals surface area (Å²) in [6.07, 6.45) is 1.10. The molecule has 0 aliphatic carbocycles. The molecule has 0 aromatic carbocycles. The molecule has 0 aromatic heterocycles. The third kappa shape index (κ3) is 3.38. The smallest absolute Gasteiger partial charge is 0.331 e. The van der Waals surface area contributed by atoms with E-state index in [0.29, 0.717) is 12.8 Å². The van der Waals surface area contributed by atoms with Gasteiger partial charge in [-0.1, -0.05) is 19.9 Å². The third-order valence-corrected chi connectivity index (χ3v) is 1.82. The molecule has 0 bridgehead atoms. The Morgan fingerprint density at radius 3 is 2.31 bits per heavy atom. The number of carboxylic acid groups (broad SMARTS) is 1. The summed E-state index contributed by atoms with van der Waals surface area (Å²) in [5, 5.41) is 17.2. The van der Waals surface area contributed by atoms with Crippen LogP contribution in [0.25, 0.3) is 0 Å². The van der Waals surface area contributed by atoms with E-state index >= 15 is 0 Å². The number of aliphatic hydroxyl groups excluding tert-OH is 1. The van der Waals surface area contributed by atoms with Crippen molar-refractivity contribution in [2.45, 2.75) is 19.8 Å². The molecule has 0 rings (SSSR count). The van der Waals surface area contributed by atoms with Crippen LogP contribution in [0.1, 0.15) is 19.8 Å². The average molecular weight is 186 g/mol. The first-order chi connectivity index (χ1) is 6.04. The first kappa shape index (κ1) is 11.8. The van der Waals surface area contributed by atoms with Crippen molar-refractivity contribution in [1.82, 2.24) is 0 Å². The first-order valence-electron chi connectivity index (χ1n) is 4.10. The number of aliphatic hydroxyl groups is 1. The van der Waals surface area contributed by atoms with Crippen molar-refractivity contribution in [3.63, 3.8) is 0 Å². The third-order valence-electron chi connectivity index (χ3n) is 1.82. The highest BCUT2D eigenvalue weighted by atomic mass is 16.4. The van der Waals surface area contributed by atoms with E-state index in [0.717, 1.165) is 0 Å². The minimum absolute atomic E-state index is 0.138. The summed E-state index contributed by atoms with van der Waals surface area (Å²) in [4.78, 5) is 21.6. The molecule has 4 heteroatoms. The Labute approximate surface area is 76.9 Å². The van der Waals surface area contributed by atoms with E-state index in [1.165, 1.54) is 0 Å². The van der Waals surface area contributed by atoms with Crippen molar-refractivity contribution in [2.75, 3.05) is 6.61 Å². The minimum atomic E-state index is -1.18. The number of hydrogen-bond acceptors (Lipinski definition) is 3. The van der Waals surface area contributed by atoms with Crippen LogP contribution in [0.5, 0.6) is 0 Å². The zero-order chi connectivity index (χ0) is 10.4. The molecular weight excluding hydrogens is 172 g/mol. The molecule has 0 aliphatic heterocycles. The number of aliphatic carboxylic acids is 1. The number of hydrogen-bond donors (Lipinski definition) is 2. The summed E-state index contributed by atoms with van der Waals surface area (Å²) in [7, 11) is 0. The molecule has 0 aliphatic rings. The summed E-state index contributed by atoms with van der Waals surface area (Å²) < 4.78 is 0. The highest BCUT2D eigenvalue weighted by Gasteiger charge is 2.23. The molecule has 0 fully saturated rings. The zero-order valence-electron chi connectivity index (χ0n) is 7.62. The Hall–Kier alpha value is -1.16. The summed E-state index contributed by atoms with van der Waals surface area (Å²) in [6.45, 7) is 4.52. The van der Waals surface area contributed by atoms with Gasteiger partial charge in [-0.2, -0.15) is 0 Å². The molecule has 0 saturated heterocycles. The summed E-state index contributed by atoms with van der Waals surface area (Å²) in [5.41, 5.74) is -0.138. The fourth-order valence-electron chi connectivity index (χ4n) is 1.08. The zero-order valence-corrected chi connectivity index (χ0v) is 7.62. The van der Waals surface area contributed by atoms with E-state index in [4.69, 9.17) is 10.2 Å². The Balaban J connectivity index is 4.50. The molecule has 0 saturated carbocycles. The molecule has 0 heterocycles. The number of ketones is 1. The van der Waals surface area contributed by atoms with E-state index in [-0.39, 0.29) is 5.57 Å². The van der Waals surface area contributed by atoms with E-state index in [2.05, 4.69) is 6.58 Å². The highest BCUT2D eigenvalue weighted by Crippen LogP contribution is 2.16. The van der Waals surface area contributed by atoms with Crippen LogP contribution in [0.4, 0.5) is 0 Å². The topological polar surface area (TPSA) is 74.6 Å². The number of Topliss-reactive ketones (excluding diaryl/α,β-unsaturated/α-hetero) is 1. The molecule has 4 nitrogen and oxygen atoms in total. The van der Waals surface area contributed by atoms with Crippen LogP contribution in [0.2, 0.25) is 0 Å². The molecular formula is C9H14O4. The van der Waals surface area contributed by atoms with Gasteiger partial charge in [0.25, 0.3) is 0 Å². The Morgan fingerprint density at radius 2 is 2.00 bits per heavy atom. The second-order valence-electron chi connectivity index (χ2n) is 2.80. The maximum absolute atomic E-state index is 11.1. The second kappa shape index (κ2) is 5.48. The minimum Gasteiger partial charge on any atom is -0.478 e. The van der Waals surface area contributed by atoms with Crippen molar-refractivity contribution in [1.29, 1.82) is 0 Å². The standard InChI is InChI=1S/C9H14O4/c1-3-4-7(8(11)5-10)6(2)9(12)13/h7,10H,2-5H2,1H3,(H,12,13). The highest BCUT2D eigenvalue weighted by molar-refractivity contribution is 5.96. The maximum atomic E-state index is 11.1. The Bertz CT molecular complexity index is 220. The van der Waals surface area contributed by atoms with Gasteiger partial charge in [-0.05, 0) is 6.42 Å². The van der Waals surface area contributed by atoms with Crippen LogP contribution < -0.4 is 0 Å². The van der Waals surface area contributed by atoms with Gasteiger partial charge in [0, 0.05) is 5.57 Å². The summed E-state index contributed by atoms with van der Waals surface area (Å²) in [5.74, 6) is -2.40. The fourth-order valence-corrected chi connectivity index (χ4v) is 1.08. The molecule has 0 radical (unpaired) electrons. The lowest BCUT2D eigenvalue weighted by molar-refractivity contribution is -0.135. The lowest BCUT2D eigenvalue weighted by Crippen LogP contribution is -2.23. The Kier molecular flexibility index (Phi) is 4.99. The molecule has 74 valence electrons. The molecule has 0 spiro atoms. The average Bonchev–Trinajstić information content (AvgIpc) is 2.11. The first-order valence-corrected chi connectivity index (χ1v) is 4.10. The van der Waals surface area contributed by atoms with Crippen LogP contribution in [-0.2, 0) is 9.59 Å². The van der Waals surface area contributed by atoms with E-state index in [1.807, 2.05) is 6.92 Å². The van der Waals surface area contributed by atoms with Crippen molar-refractivity contribution in [3.05, 3.63) is 12.2 Å². The van der Waals surface area contributed by atoms with Crippen molar-refractivity contribution < 1.29 is 19.8 Å². The van der Waals surface area contributed by atoms with Gasteiger partial charge >= 0.3 is 5.97 Å². The van der Waals surface area contributed by atoms with Gasteiger partial charge in [-0.25, -0.2) is 4.79 Å². The van der Waals surface area contributed by atoms with Crippen molar-refractivity contribution in [3.8, 4) is 0 Å². The fraction of sp³-hybridized carbons (Fsp3) is 0.556. The quantitative estimate of drug-likeness (QED) is 0.596. The maximum Gasteiger partial charge on any atom is 0.331 e. The molecule has 1 atom stereocenters. The second-order valence-corrected chi connectivity index (χ2v) is 2.80. The van der Waals surface area contributed by atoms with E-state index < -0.39 is 24.3 Å².